The molecule has 0 bridgehead atoms. The molecule has 0 saturated carbocycles. The van der Waals surface area contributed by atoms with Gasteiger partial charge < -0.3 is 10.1 Å². The van der Waals surface area contributed by atoms with E-state index in [0.29, 0.717) is 23.3 Å². The van der Waals surface area contributed by atoms with Crippen molar-refractivity contribution in [3.63, 3.8) is 0 Å². The van der Waals surface area contributed by atoms with Crippen molar-refractivity contribution >= 4 is 23.1 Å². The molecule has 0 aliphatic rings. The van der Waals surface area contributed by atoms with Crippen LogP contribution in [0.1, 0.15) is 25.8 Å². The van der Waals surface area contributed by atoms with Gasteiger partial charge in [0.25, 0.3) is 0 Å². The summed E-state index contributed by atoms with van der Waals surface area (Å²) in [6.45, 7) is 4.28. The fourth-order valence-corrected chi connectivity index (χ4v) is 2.19. The molecule has 0 spiro atoms. The molecule has 0 fully saturated rings. The maximum atomic E-state index is 13.8. The molecule has 4 nitrogen and oxygen atoms in total. The van der Waals surface area contributed by atoms with Gasteiger partial charge in [-0.15, -0.1) is 0 Å². The van der Waals surface area contributed by atoms with E-state index in [1.165, 1.54) is 12.4 Å². The van der Waals surface area contributed by atoms with Crippen LogP contribution >= 0.6 is 11.6 Å². The van der Waals surface area contributed by atoms with E-state index in [-0.39, 0.29) is 5.75 Å². The van der Waals surface area contributed by atoms with Crippen LogP contribution < -0.4 is 10.1 Å². The highest BCUT2D eigenvalue weighted by atomic mass is 35.5. The Morgan fingerprint density at radius 3 is 2.76 bits per heavy atom. The third-order valence-corrected chi connectivity index (χ3v) is 3.21. The minimum atomic E-state index is -0.418. The van der Waals surface area contributed by atoms with E-state index in [0.717, 1.165) is 18.4 Å². The molecular weight excluding hydrogens is 293 g/mol. The Morgan fingerprint density at radius 2 is 2.10 bits per heavy atom. The number of halogens is 2. The van der Waals surface area contributed by atoms with Crippen LogP contribution in [0.25, 0.3) is 0 Å². The van der Waals surface area contributed by atoms with Gasteiger partial charge in [-0.05, 0) is 25.5 Å². The van der Waals surface area contributed by atoms with Gasteiger partial charge in [0.15, 0.2) is 11.6 Å². The first-order valence-electron chi connectivity index (χ1n) is 6.84. The van der Waals surface area contributed by atoms with Crippen LogP contribution in [0.2, 0.25) is 5.15 Å². The van der Waals surface area contributed by atoms with Gasteiger partial charge in [0.2, 0.25) is 0 Å². The maximum Gasteiger partial charge on any atom is 0.167 e. The van der Waals surface area contributed by atoms with E-state index in [2.05, 4.69) is 15.3 Å². The van der Waals surface area contributed by atoms with Crippen molar-refractivity contribution in [3.05, 3.63) is 41.1 Å². The fraction of sp³-hybridized carbons (Fsp3) is 0.333. The maximum absolute atomic E-state index is 13.8. The third kappa shape index (κ3) is 3.82. The lowest BCUT2D eigenvalue weighted by Crippen LogP contribution is -2.02. The van der Waals surface area contributed by atoms with Crippen molar-refractivity contribution in [3.8, 4) is 5.75 Å². The monoisotopic (exact) mass is 309 g/mol. The quantitative estimate of drug-likeness (QED) is 0.805. The van der Waals surface area contributed by atoms with Crippen molar-refractivity contribution < 1.29 is 9.13 Å². The number of hydrogen-bond donors (Lipinski definition) is 1. The molecular formula is C15H17ClFN3O. The number of nitrogens with one attached hydrogen (secondary N) is 1. The van der Waals surface area contributed by atoms with E-state index >= 15 is 0 Å². The van der Waals surface area contributed by atoms with Crippen molar-refractivity contribution in [1.82, 2.24) is 9.97 Å². The van der Waals surface area contributed by atoms with Crippen LogP contribution in [0.4, 0.5) is 15.9 Å². The van der Waals surface area contributed by atoms with Gasteiger partial charge in [0, 0.05) is 17.3 Å². The first-order valence-corrected chi connectivity index (χ1v) is 7.22. The molecule has 21 heavy (non-hydrogen) atoms. The summed E-state index contributed by atoms with van der Waals surface area (Å²) in [7, 11) is 0. The summed E-state index contributed by atoms with van der Waals surface area (Å²) < 4.78 is 19.0. The normalized spacial score (nSPS) is 10.5. The number of rotatable bonds is 6. The molecule has 1 heterocycles. The number of benzene rings is 1. The standard InChI is InChI=1S/C15H17ClFN3O/c1-3-5-11-14(16)18-9-19-15(11)20-10-6-7-13(21-4-2)12(17)8-10/h6-9H,3-5H2,1-2H3,(H,18,19,20). The zero-order valence-corrected chi connectivity index (χ0v) is 12.7. The van der Waals surface area contributed by atoms with Gasteiger partial charge in [-0.25, -0.2) is 14.4 Å². The molecule has 112 valence electrons. The minimum absolute atomic E-state index is 0.234. The van der Waals surface area contributed by atoms with Crippen molar-refractivity contribution in [1.29, 1.82) is 0 Å². The van der Waals surface area contributed by atoms with Crippen LogP contribution in [-0.2, 0) is 6.42 Å². The lowest BCUT2D eigenvalue weighted by atomic mass is 10.2. The Bertz CT molecular complexity index is 622. The predicted molar refractivity (Wildman–Crippen MR) is 81.9 cm³/mol. The molecule has 1 aromatic carbocycles. The fourth-order valence-electron chi connectivity index (χ4n) is 1.96. The molecule has 0 amide bonds. The second-order valence-electron chi connectivity index (χ2n) is 4.44. The summed E-state index contributed by atoms with van der Waals surface area (Å²) in [5, 5.41) is 3.49. The zero-order chi connectivity index (χ0) is 15.2. The van der Waals surface area contributed by atoms with Gasteiger partial charge in [0.1, 0.15) is 17.3 Å². The number of aromatic nitrogens is 2. The molecule has 0 atom stereocenters. The number of ether oxygens (including phenoxy) is 1. The van der Waals surface area contributed by atoms with Crippen LogP contribution in [0.15, 0.2) is 24.5 Å². The van der Waals surface area contributed by atoms with E-state index in [1.54, 1.807) is 12.1 Å². The van der Waals surface area contributed by atoms with Crippen molar-refractivity contribution in [2.75, 3.05) is 11.9 Å². The van der Waals surface area contributed by atoms with Crippen LogP contribution in [-0.4, -0.2) is 16.6 Å². The summed E-state index contributed by atoms with van der Waals surface area (Å²) in [6.07, 6.45) is 3.05. The molecule has 0 radical (unpaired) electrons. The van der Waals surface area contributed by atoms with Crippen LogP contribution in [0.3, 0.4) is 0 Å². The minimum Gasteiger partial charge on any atom is -0.491 e. The van der Waals surface area contributed by atoms with E-state index in [1.807, 2.05) is 13.8 Å². The van der Waals surface area contributed by atoms with Gasteiger partial charge >= 0.3 is 0 Å². The molecule has 1 N–H and O–H groups in total. The Kier molecular flexibility index (Phi) is 5.33. The highest BCUT2D eigenvalue weighted by molar-refractivity contribution is 6.30. The van der Waals surface area contributed by atoms with Gasteiger partial charge in [0.05, 0.1) is 6.61 Å². The van der Waals surface area contributed by atoms with Crippen LogP contribution in [0, 0.1) is 5.82 Å². The summed E-state index contributed by atoms with van der Waals surface area (Å²) in [4.78, 5) is 8.16. The predicted octanol–water partition coefficient (Wildman–Crippen LogP) is 4.36. The largest absolute Gasteiger partial charge is 0.491 e. The Labute approximate surface area is 128 Å². The third-order valence-electron chi connectivity index (χ3n) is 2.89. The summed E-state index contributed by atoms with van der Waals surface area (Å²) in [6, 6.07) is 4.69. The first kappa shape index (κ1) is 15.5. The number of hydrogen-bond acceptors (Lipinski definition) is 4. The second kappa shape index (κ2) is 7.22. The second-order valence-corrected chi connectivity index (χ2v) is 4.80. The molecule has 0 aliphatic carbocycles. The average molecular weight is 310 g/mol. The molecule has 2 rings (SSSR count). The summed E-state index contributed by atoms with van der Waals surface area (Å²) >= 11 is 6.09. The van der Waals surface area contributed by atoms with Gasteiger partial charge in [-0.2, -0.15) is 0 Å². The van der Waals surface area contributed by atoms with E-state index in [9.17, 15) is 4.39 Å². The van der Waals surface area contributed by atoms with E-state index in [4.69, 9.17) is 16.3 Å². The van der Waals surface area contributed by atoms with Crippen molar-refractivity contribution in [2.45, 2.75) is 26.7 Å². The number of nitrogens with zero attached hydrogens (tertiary/aromatic N) is 2. The van der Waals surface area contributed by atoms with Gasteiger partial charge in [-0.3, -0.25) is 0 Å². The molecule has 0 aliphatic heterocycles. The molecule has 6 heteroatoms. The van der Waals surface area contributed by atoms with Crippen molar-refractivity contribution in [2.24, 2.45) is 0 Å². The smallest absolute Gasteiger partial charge is 0.167 e. The average Bonchev–Trinajstić information content (AvgIpc) is 2.46. The molecule has 0 saturated heterocycles. The highest BCUT2D eigenvalue weighted by Gasteiger charge is 2.11. The number of anilines is 2. The highest BCUT2D eigenvalue weighted by Crippen LogP contribution is 2.27. The first-order chi connectivity index (χ1) is 10.2. The Balaban J connectivity index is 2.26. The molecule has 1 aromatic heterocycles. The SMILES string of the molecule is CCCc1c(Cl)ncnc1Nc1ccc(OCC)c(F)c1. The molecule has 0 unspecified atom stereocenters. The van der Waals surface area contributed by atoms with Crippen LogP contribution in [0.5, 0.6) is 5.75 Å². The van der Waals surface area contributed by atoms with E-state index < -0.39 is 5.82 Å². The Morgan fingerprint density at radius 1 is 1.29 bits per heavy atom. The summed E-state index contributed by atoms with van der Waals surface area (Å²) in [5.74, 6) is 0.414. The lowest BCUT2D eigenvalue weighted by Gasteiger charge is -2.12. The zero-order valence-electron chi connectivity index (χ0n) is 12.0. The summed E-state index contributed by atoms with van der Waals surface area (Å²) in [5.41, 5.74) is 1.42. The lowest BCUT2D eigenvalue weighted by molar-refractivity contribution is 0.321. The van der Waals surface area contributed by atoms with Gasteiger partial charge in [-0.1, -0.05) is 24.9 Å². The molecule has 2 aromatic rings. The Hall–Kier alpha value is -1.88. The topological polar surface area (TPSA) is 47.0 Å².